The van der Waals surface area contributed by atoms with Crippen LogP contribution in [0, 0.1) is 13.8 Å². The lowest BCUT2D eigenvalue weighted by atomic mass is 9.85. The predicted octanol–water partition coefficient (Wildman–Crippen LogP) is 2.73. The van der Waals surface area contributed by atoms with Gasteiger partial charge in [-0.2, -0.15) is 4.31 Å². The number of anilines is 1. The molecule has 9 heteroatoms. The normalized spacial score (nSPS) is 15.6. The van der Waals surface area contributed by atoms with Crippen LogP contribution in [0.5, 0.6) is 0 Å². The summed E-state index contributed by atoms with van der Waals surface area (Å²) in [5.74, 6) is 0.479. The van der Waals surface area contributed by atoms with E-state index in [2.05, 4.69) is 36.1 Å². The van der Waals surface area contributed by atoms with Crippen LogP contribution in [-0.2, 0) is 20.2 Å². The van der Waals surface area contributed by atoms with Crippen molar-refractivity contribution in [1.82, 2.24) is 19.2 Å². The number of nitrogens with zero attached hydrogens (tertiary/aromatic N) is 4. The van der Waals surface area contributed by atoms with E-state index in [0.717, 1.165) is 16.7 Å². The van der Waals surface area contributed by atoms with Gasteiger partial charge in [0.1, 0.15) is 0 Å². The van der Waals surface area contributed by atoms with E-state index in [9.17, 15) is 13.2 Å². The quantitative estimate of drug-likeness (QED) is 0.714. The molecule has 0 spiro atoms. The molecule has 174 valence electrons. The highest BCUT2D eigenvalue weighted by Crippen LogP contribution is 2.31. The molecule has 0 atom stereocenters. The molecule has 0 radical (unpaired) electrons. The monoisotopic (exact) mass is 459 g/mol. The smallest absolute Gasteiger partial charge is 0.243 e. The van der Waals surface area contributed by atoms with Gasteiger partial charge in [-0.15, -0.1) is 0 Å². The van der Waals surface area contributed by atoms with Gasteiger partial charge in [0.15, 0.2) is 0 Å². The molecule has 0 unspecified atom stereocenters. The second-order valence-corrected chi connectivity index (χ2v) is 11.1. The highest BCUT2D eigenvalue weighted by atomic mass is 32.2. The zero-order chi connectivity index (χ0) is 23.5. The lowest BCUT2D eigenvalue weighted by Crippen LogP contribution is -2.50. The summed E-state index contributed by atoms with van der Waals surface area (Å²) in [6, 6.07) is 5.68. The van der Waals surface area contributed by atoms with E-state index in [0.29, 0.717) is 50.0 Å². The van der Waals surface area contributed by atoms with Crippen molar-refractivity contribution in [3.63, 3.8) is 0 Å². The van der Waals surface area contributed by atoms with E-state index in [-0.39, 0.29) is 11.3 Å². The Morgan fingerprint density at radius 2 is 1.59 bits per heavy atom. The number of carbonyl (C=O) groups is 1. The highest BCUT2D eigenvalue weighted by Gasteiger charge is 2.32. The number of amides is 1. The Labute approximate surface area is 191 Å². The number of piperazine rings is 1. The van der Waals surface area contributed by atoms with Crippen molar-refractivity contribution in [1.29, 1.82) is 0 Å². The lowest BCUT2D eigenvalue weighted by molar-refractivity contribution is -0.132. The van der Waals surface area contributed by atoms with E-state index in [1.54, 1.807) is 23.4 Å². The van der Waals surface area contributed by atoms with E-state index >= 15 is 0 Å². The van der Waals surface area contributed by atoms with Crippen LogP contribution >= 0.6 is 0 Å². The number of sulfonamides is 1. The fourth-order valence-electron chi connectivity index (χ4n) is 3.93. The minimum Gasteiger partial charge on any atom is -0.354 e. The van der Waals surface area contributed by atoms with Gasteiger partial charge < -0.3 is 10.2 Å². The molecule has 3 rings (SSSR count). The first kappa shape index (κ1) is 24.1. The van der Waals surface area contributed by atoms with E-state index < -0.39 is 10.0 Å². The van der Waals surface area contributed by atoms with Gasteiger partial charge in [0, 0.05) is 51.5 Å². The van der Waals surface area contributed by atoms with Crippen LogP contribution in [0.25, 0.3) is 0 Å². The molecule has 1 fully saturated rings. The third-order valence-electron chi connectivity index (χ3n) is 5.70. The highest BCUT2D eigenvalue weighted by molar-refractivity contribution is 7.89. The molecule has 2 heterocycles. The van der Waals surface area contributed by atoms with Crippen LogP contribution in [0.4, 0.5) is 5.95 Å². The average molecular weight is 460 g/mol. The zero-order valence-corrected chi connectivity index (χ0v) is 20.4. The number of aromatic nitrogens is 2. The first-order valence-corrected chi connectivity index (χ1v) is 12.3. The van der Waals surface area contributed by atoms with Crippen LogP contribution in [-0.4, -0.2) is 66.2 Å². The largest absolute Gasteiger partial charge is 0.354 e. The Kier molecular flexibility index (Phi) is 7.19. The lowest BCUT2D eigenvalue weighted by Gasteiger charge is -2.35. The minimum atomic E-state index is -3.62. The Morgan fingerprint density at radius 3 is 2.12 bits per heavy atom. The maximum absolute atomic E-state index is 13.4. The SMILES string of the molecule is Cc1cc(C(C)(C)C)cc(C)c1S(=O)(=O)N1CCN(C(=O)CCNc2ncccn2)CC1. The summed E-state index contributed by atoms with van der Waals surface area (Å²) in [7, 11) is -3.62. The van der Waals surface area contributed by atoms with Crippen LogP contribution in [0.15, 0.2) is 35.5 Å². The number of benzene rings is 1. The molecule has 1 aliphatic rings. The van der Waals surface area contributed by atoms with Gasteiger partial charge >= 0.3 is 0 Å². The molecule has 0 bridgehead atoms. The van der Waals surface area contributed by atoms with Crippen molar-refractivity contribution in [3.8, 4) is 0 Å². The number of carbonyl (C=O) groups excluding carboxylic acids is 1. The van der Waals surface area contributed by atoms with E-state index in [1.165, 1.54) is 4.31 Å². The molecule has 1 N–H and O–H groups in total. The molecule has 32 heavy (non-hydrogen) atoms. The second kappa shape index (κ2) is 9.54. The van der Waals surface area contributed by atoms with Crippen molar-refractivity contribution >= 4 is 21.9 Å². The summed E-state index contributed by atoms with van der Waals surface area (Å²) < 4.78 is 28.3. The van der Waals surface area contributed by atoms with Crippen molar-refractivity contribution in [2.24, 2.45) is 0 Å². The third kappa shape index (κ3) is 5.45. The summed E-state index contributed by atoms with van der Waals surface area (Å²) in [6.45, 7) is 11.9. The van der Waals surface area contributed by atoms with Crippen LogP contribution < -0.4 is 5.32 Å². The fourth-order valence-corrected chi connectivity index (χ4v) is 5.76. The molecule has 2 aromatic rings. The molecular formula is C23H33N5O3S. The number of hydrogen-bond donors (Lipinski definition) is 1. The maximum Gasteiger partial charge on any atom is 0.243 e. The van der Waals surface area contributed by atoms with E-state index in [4.69, 9.17) is 0 Å². The van der Waals surface area contributed by atoms with E-state index in [1.807, 2.05) is 26.0 Å². The molecule has 1 aromatic heterocycles. The third-order valence-corrected chi connectivity index (χ3v) is 7.91. The molecule has 1 aliphatic heterocycles. The van der Waals surface area contributed by atoms with Gasteiger partial charge in [-0.05, 0) is 42.0 Å². The van der Waals surface area contributed by atoms with Crippen molar-refractivity contribution in [2.45, 2.75) is 51.3 Å². The van der Waals surface area contributed by atoms with Crippen molar-refractivity contribution in [3.05, 3.63) is 47.3 Å². The van der Waals surface area contributed by atoms with Gasteiger partial charge in [0.2, 0.25) is 21.9 Å². The van der Waals surface area contributed by atoms with Crippen molar-refractivity contribution < 1.29 is 13.2 Å². The topological polar surface area (TPSA) is 95.5 Å². The standard InChI is InChI=1S/C23H33N5O3S/c1-17-15-19(23(3,4)5)16-18(2)21(17)32(30,31)28-13-11-27(12-14-28)20(29)7-10-26-22-24-8-6-9-25-22/h6,8-9,15-16H,7,10-14H2,1-5H3,(H,24,25,26). The molecule has 1 amide bonds. The van der Waals surface area contributed by atoms with Crippen LogP contribution in [0.1, 0.15) is 43.9 Å². The van der Waals surface area contributed by atoms with Gasteiger partial charge in [-0.25, -0.2) is 18.4 Å². The van der Waals surface area contributed by atoms with Crippen LogP contribution in [0.3, 0.4) is 0 Å². The molecule has 1 aromatic carbocycles. The van der Waals surface area contributed by atoms with Gasteiger partial charge in [0.25, 0.3) is 0 Å². The molecular weight excluding hydrogens is 426 g/mol. The van der Waals surface area contributed by atoms with Gasteiger partial charge in [-0.3, -0.25) is 4.79 Å². The van der Waals surface area contributed by atoms with Crippen LogP contribution in [0.2, 0.25) is 0 Å². The summed E-state index contributed by atoms with van der Waals surface area (Å²) in [6.07, 6.45) is 3.57. The predicted molar refractivity (Wildman–Crippen MR) is 125 cm³/mol. The fraction of sp³-hybridized carbons (Fsp3) is 0.522. The number of aryl methyl sites for hydroxylation is 2. The summed E-state index contributed by atoms with van der Waals surface area (Å²) >= 11 is 0. The van der Waals surface area contributed by atoms with Gasteiger partial charge in [0.05, 0.1) is 4.90 Å². The molecule has 0 aliphatic carbocycles. The number of hydrogen-bond acceptors (Lipinski definition) is 6. The molecule has 1 saturated heterocycles. The summed E-state index contributed by atoms with van der Waals surface area (Å²) in [5.41, 5.74) is 2.60. The first-order valence-electron chi connectivity index (χ1n) is 10.9. The van der Waals surface area contributed by atoms with Gasteiger partial charge in [-0.1, -0.05) is 32.9 Å². The Morgan fingerprint density at radius 1 is 1.03 bits per heavy atom. The molecule has 0 saturated carbocycles. The minimum absolute atomic E-state index is 0.00706. The maximum atomic E-state index is 13.4. The Hall–Kier alpha value is -2.52. The number of rotatable bonds is 6. The average Bonchev–Trinajstić information content (AvgIpc) is 2.73. The summed E-state index contributed by atoms with van der Waals surface area (Å²) in [4.78, 5) is 22.8. The first-order chi connectivity index (χ1) is 15.0. The zero-order valence-electron chi connectivity index (χ0n) is 19.6. The Balaban J connectivity index is 1.61. The van der Waals surface area contributed by atoms with Crippen molar-refractivity contribution in [2.75, 3.05) is 38.0 Å². The second-order valence-electron chi connectivity index (χ2n) is 9.22. The number of nitrogens with one attached hydrogen (secondary N) is 1. The summed E-state index contributed by atoms with van der Waals surface area (Å²) in [5, 5.41) is 3.02. The Bertz CT molecular complexity index is 1030. The molecule has 8 nitrogen and oxygen atoms in total.